The predicted molar refractivity (Wildman–Crippen MR) is 37.7 cm³/mol. The molecule has 0 aliphatic carbocycles. The van der Waals surface area contributed by atoms with E-state index in [9.17, 15) is 0 Å². The van der Waals surface area contributed by atoms with Gasteiger partial charge in [-0.15, -0.1) is 0 Å². The molecule has 0 bridgehead atoms. The first-order valence-corrected chi connectivity index (χ1v) is 4.14. The van der Waals surface area contributed by atoms with Crippen LogP contribution < -0.4 is 0 Å². The van der Waals surface area contributed by atoms with Crippen LogP contribution in [0, 0.1) is 0 Å². The van der Waals surface area contributed by atoms with Crippen LogP contribution in [-0.4, -0.2) is 30.5 Å². The van der Waals surface area contributed by atoms with Crippen molar-refractivity contribution >= 4 is 10.0 Å². The minimum absolute atomic E-state index is 0.0587. The molecule has 9 heavy (non-hydrogen) atoms. The molecule has 3 nitrogen and oxygen atoms in total. The Bertz CT molecular complexity index is 56.2. The second-order valence-corrected chi connectivity index (χ2v) is 2.79. The van der Waals surface area contributed by atoms with E-state index in [0.29, 0.717) is 0 Å². The molecule has 0 spiro atoms. The van der Waals surface area contributed by atoms with Crippen LogP contribution in [0.4, 0.5) is 0 Å². The normalized spacial score (nSPS) is 15.0. The monoisotopic (exact) mass is 150 g/mol. The number of ether oxygens (including phenoxy) is 1. The summed E-state index contributed by atoms with van der Waals surface area (Å²) in [4.78, 5) is 0. The highest BCUT2D eigenvalue weighted by Gasteiger charge is 2.01. The Morgan fingerprint density at radius 1 is 1.44 bits per heavy atom. The average Bonchev–Trinajstić information content (AvgIpc) is 1.91. The lowest BCUT2D eigenvalue weighted by molar-refractivity contribution is -0.0628. The Morgan fingerprint density at radius 2 is 2.11 bits per heavy atom. The number of hydrogen-bond donors (Lipinski definition) is 0. The molecule has 56 valence electrons. The zero-order valence-electron chi connectivity index (χ0n) is 6.22. The second-order valence-electron chi connectivity index (χ2n) is 1.65. The van der Waals surface area contributed by atoms with Crippen molar-refractivity contribution in [3.8, 4) is 0 Å². The fraction of sp³-hybridized carbons (Fsp3) is 1.00. The molecule has 1 atom stereocenters. The van der Waals surface area contributed by atoms with Gasteiger partial charge in [0.25, 0.3) is 0 Å². The zero-order chi connectivity index (χ0) is 7.11. The molecule has 0 heterocycles. The Morgan fingerprint density at radius 3 is 2.44 bits per heavy atom. The molecule has 0 aromatic carbocycles. The van der Waals surface area contributed by atoms with Crippen molar-refractivity contribution in [2.75, 3.05) is 14.2 Å². The van der Waals surface area contributed by atoms with Gasteiger partial charge in [-0.05, 0) is 6.42 Å². The summed E-state index contributed by atoms with van der Waals surface area (Å²) in [6.45, 7) is 2.01. The van der Waals surface area contributed by atoms with Crippen molar-refractivity contribution in [3.05, 3.63) is 0 Å². The Kier molecular flexibility index (Phi) is 6.29. The fourth-order valence-corrected chi connectivity index (χ4v) is 1.16. The van der Waals surface area contributed by atoms with E-state index in [1.807, 2.05) is 6.92 Å². The van der Waals surface area contributed by atoms with Gasteiger partial charge in [0.2, 0.25) is 0 Å². The zero-order valence-corrected chi connectivity index (χ0v) is 7.63. The SMILES string of the molecule is CCC(OC)O[SiH2]OC. The number of hydrogen-bond acceptors (Lipinski definition) is 3. The molecule has 0 aromatic heterocycles. The van der Waals surface area contributed by atoms with Crippen molar-refractivity contribution < 1.29 is 13.6 Å². The van der Waals surface area contributed by atoms with E-state index in [0.717, 1.165) is 6.42 Å². The van der Waals surface area contributed by atoms with Gasteiger partial charge in [-0.25, -0.2) is 0 Å². The van der Waals surface area contributed by atoms with Crippen LogP contribution in [0.3, 0.4) is 0 Å². The molecule has 0 radical (unpaired) electrons. The molecule has 0 aromatic rings. The molecule has 0 saturated carbocycles. The van der Waals surface area contributed by atoms with Gasteiger partial charge in [0.1, 0.15) is 6.29 Å². The Hall–Kier alpha value is 0.0969. The molecule has 0 amide bonds. The summed E-state index contributed by atoms with van der Waals surface area (Å²) in [7, 11) is 2.51. The van der Waals surface area contributed by atoms with E-state index in [1.165, 1.54) is 0 Å². The summed E-state index contributed by atoms with van der Waals surface area (Å²) in [5.74, 6) is 0. The highest BCUT2D eigenvalue weighted by molar-refractivity contribution is 6.17. The first kappa shape index (κ1) is 9.10. The lowest BCUT2D eigenvalue weighted by Crippen LogP contribution is -2.17. The highest BCUT2D eigenvalue weighted by atomic mass is 28.3. The van der Waals surface area contributed by atoms with Crippen LogP contribution >= 0.6 is 0 Å². The molecule has 4 heteroatoms. The molecule has 0 saturated heterocycles. The van der Waals surface area contributed by atoms with E-state index in [2.05, 4.69) is 0 Å². The van der Waals surface area contributed by atoms with Crippen LogP contribution in [0.25, 0.3) is 0 Å². The van der Waals surface area contributed by atoms with E-state index >= 15 is 0 Å². The first-order valence-electron chi connectivity index (χ1n) is 2.98. The quantitative estimate of drug-likeness (QED) is 0.409. The maximum atomic E-state index is 5.18. The third-order valence-electron chi connectivity index (χ3n) is 0.968. The molecule has 0 N–H and O–H groups in total. The Balaban J connectivity index is 3.09. The largest absolute Gasteiger partial charge is 0.402 e. The second kappa shape index (κ2) is 6.22. The first-order chi connectivity index (χ1) is 4.35. The summed E-state index contributed by atoms with van der Waals surface area (Å²) in [5.41, 5.74) is 0. The van der Waals surface area contributed by atoms with Crippen molar-refractivity contribution in [2.45, 2.75) is 19.6 Å². The maximum absolute atomic E-state index is 5.18. The number of methoxy groups -OCH3 is 1. The summed E-state index contributed by atoms with van der Waals surface area (Å²) < 4.78 is 14.9. The predicted octanol–water partition coefficient (Wildman–Crippen LogP) is 0.0307. The van der Waals surface area contributed by atoms with Crippen LogP contribution in [0.15, 0.2) is 0 Å². The minimum atomic E-state index is -0.773. The topological polar surface area (TPSA) is 27.7 Å². The van der Waals surface area contributed by atoms with Gasteiger partial charge in [-0.1, -0.05) is 6.92 Å². The van der Waals surface area contributed by atoms with Crippen LogP contribution in [0.2, 0.25) is 0 Å². The van der Waals surface area contributed by atoms with Gasteiger partial charge in [-0.3, -0.25) is 0 Å². The van der Waals surface area contributed by atoms with E-state index in [-0.39, 0.29) is 6.29 Å². The van der Waals surface area contributed by atoms with E-state index in [4.69, 9.17) is 13.6 Å². The summed E-state index contributed by atoms with van der Waals surface area (Å²) in [5, 5.41) is 0. The molecular weight excluding hydrogens is 136 g/mol. The lowest BCUT2D eigenvalue weighted by atomic mass is 10.5. The maximum Gasteiger partial charge on any atom is 0.306 e. The van der Waals surface area contributed by atoms with E-state index in [1.54, 1.807) is 14.2 Å². The number of rotatable bonds is 5. The summed E-state index contributed by atoms with van der Waals surface area (Å²) in [6.07, 6.45) is 0.823. The third-order valence-corrected chi connectivity index (χ3v) is 1.71. The van der Waals surface area contributed by atoms with Crippen molar-refractivity contribution in [1.29, 1.82) is 0 Å². The van der Waals surface area contributed by atoms with Gasteiger partial charge in [0, 0.05) is 14.2 Å². The van der Waals surface area contributed by atoms with Crippen LogP contribution in [-0.2, 0) is 13.6 Å². The van der Waals surface area contributed by atoms with Gasteiger partial charge >= 0.3 is 10.0 Å². The van der Waals surface area contributed by atoms with E-state index < -0.39 is 10.0 Å². The molecule has 0 aliphatic rings. The van der Waals surface area contributed by atoms with Gasteiger partial charge in [0.05, 0.1) is 0 Å². The molecule has 0 fully saturated rings. The lowest BCUT2D eigenvalue weighted by Gasteiger charge is -2.12. The van der Waals surface area contributed by atoms with Crippen molar-refractivity contribution in [3.63, 3.8) is 0 Å². The molecular formula is C5H14O3Si. The third kappa shape index (κ3) is 4.59. The summed E-state index contributed by atoms with van der Waals surface area (Å²) in [6, 6.07) is 0. The molecule has 0 rings (SSSR count). The van der Waals surface area contributed by atoms with Crippen molar-refractivity contribution in [1.82, 2.24) is 0 Å². The standard InChI is InChI=1S/C5H14O3Si/c1-4-5(6-2)8-9-7-3/h5H,4,9H2,1-3H3. The summed E-state index contributed by atoms with van der Waals surface area (Å²) >= 11 is 0. The average molecular weight is 150 g/mol. The van der Waals surface area contributed by atoms with Gasteiger partial charge < -0.3 is 13.6 Å². The highest BCUT2D eigenvalue weighted by Crippen LogP contribution is 1.95. The van der Waals surface area contributed by atoms with Crippen LogP contribution in [0.1, 0.15) is 13.3 Å². The van der Waals surface area contributed by atoms with Crippen molar-refractivity contribution in [2.24, 2.45) is 0 Å². The Labute approximate surface area is 58.4 Å². The fourth-order valence-electron chi connectivity index (χ4n) is 0.496. The smallest absolute Gasteiger partial charge is 0.306 e. The van der Waals surface area contributed by atoms with Gasteiger partial charge in [0.15, 0.2) is 0 Å². The molecule has 1 unspecified atom stereocenters. The molecule has 0 aliphatic heterocycles. The van der Waals surface area contributed by atoms with Gasteiger partial charge in [-0.2, -0.15) is 0 Å². The van der Waals surface area contributed by atoms with Crippen LogP contribution in [0.5, 0.6) is 0 Å². The minimum Gasteiger partial charge on any atom is -0.402 e.